The predicted molar refractivity (Wildman–Crippen MR) is 27.7 cm³/mol. The van der Waals surface area contributed by atoms with E-state index in [4.69, 9.17) is 5.26 Å². The Kier molecular flexibility index (Phi) is 3.06. The van der Waals surface area contributed by atoms with E-state index in [2.05, 4.69) is 18.0 Å². The summed E-state index contributed by atoms with van der Waals surface area (Å²) in [5.74, 6) is 0.315. The maximum Gasteiger partial charge on any atom is 0.138 e. The molecular weight excluding hydrogens is 92.1 g/mol. The molecule has 0 radical (unpaired) electrons. The van der Waals surface area contributed by atoms with Gasteiger partial charge in [0.2, 0.25) is 0 Å². The van der Waals surface area contributed by atoms with Crippen molar-refractivity contribution in [3.8, 4) is 0 Å². The number of hydrogen-bond acceptors (Lipinski definition) is 2. The fraction of sp³-hybridized carbons (Fsp3) is 0.200. The third-order valence-electron chi connectivity index (χ3n) is 0.501. The van der Waals surface area contributed by atoms with Crippen molar-refractivity contribution in [2.24, 2.45) is 0 Å². The van der Waals surface area contributed by atoms with E-state index < -0.39 is 0 Å². The molecule has 0 spiro atoms. The van der Waals surface area contributed by atoms with Crippen LogP contribution in [0.2, 0.25) is 0 Å². The third kappa shape index (κ3) is 3.06. The lowest BCUT2D eigenvalue weighted by atomic mass is 10.4. The first-order valence-electron chi connectivity index (χ1n) is 1.91. The molecule has 7 heavy (non-hydrogen) atoms. The van der Waals surface area contributed by atoms with Crippen LogP contribution in [-0.2, 0) is 4.89 Å². The molecule has 0 unspecified atom stereocenters. The van der Waals surface area contributed by atoms with E-state index in [-0.39, 0.29) is 0 Å². The lowest BCUT2D eigenvalue weighted by molar-refractivity contribution is -0.203. The molecule has 0 rings (SSSR count). The van der Waals surface area contributed by atoms with Gasteiger partial charge >= 0.3 is 0 Å². The van der Waals surface area contributed by atoms with Gasteiger partial charge in [0.15, 0.2) is 0 Å². The maximum absolute atomic E-state index is 7.82. The Morgan fingerprint density at radius 3 is 2.57 bits per heavy atom. The molecule has 2 heteroatoms. The summed E-state index contributed by atoms with van der Waals surface area (Å²) in [6, 6.07) is 0. The molecular formula is C5H8O2. The van der Waals surface area contributed by atoms with Crippen molar-refractivity contribution in [2.45, 2.75) is 6.42 Å². The standard InChI is InChI=1S/C5H8O2/c1-3-4-5(2)7-6/h3,6H,1-2,4H2. The zero-order valence-electron chi connectivity index (χ0n) is 4.05. The molecule has 40 valence electrons. The Morgan fingerprint density at radius 2 is 2.43 bits per heavy atom. The second-order valence-electron chi connectivity index (χ2n) is 1.12. The highest BCUT2D eigenvalue weighted by atomic mass is 17.1. The molecule has 0 amide bonds. The van der Waals surface area contributed by atoms with Gasteiger partial charge in [-0.2, -0.15) is 0 Å². The van der Waals surface area contributed by atoms with Gasteiger partial charge < -0.3 is 4.89 Å². The van der Waals surface area contributed by atoms with E-state index in [9.17, 15) is 0 Å². The van der Waals surface area contributed by atoms with E-state index in [0.717, 1.165) is 0 Å². The van der Waals surface area contributed by atoms with Crippen LogP contribution in [-0.4, -0.2) is 5.26 Å². The third-order valence-corrected chi connectivity index (χ3v) is 0.501. The molecule has 2 nitrogen and oxygen atoms in total. The molecule has 0 fully saturated rings. The van der Waals surface area contributed by atoms with E-state index in [0.29, 0.717) is 12.2 Å². The lowest BCUT2D eigenvalue weighted by Crippen LogP contribution is -1.79. The van der Waals surface area contributed by atoms with Crippen molar-refractivity contribution in [1.82, 2.24) is 0 Å². The monoisotopic (exact) mass is 100 g/mol. The molecule has 0 saturated carbocycles. The minimum absolute atomic E-state index is 0.315. The summed E-state index contributed by atoms with van der Waals surface area (Å²) < 4.78 is 0. The molecule has 0 atom stereocenters. The number of rotatable bonds is 3. The molecule has 0 aliphatic rings. The predicted octanol–water partition coefficient (Wildman–Crippen LogP) is 1.57. The molecule has 0 aliphatic carbocycles. The summed E-state index contributed by atoms with van der Waals surface area (Å²) in [5, 5.41) is 7.82. The van der Waals surface area contributed by atoms with E-state index in [1.807, 2.05) is 0 Å². The zero-order chi connectivity index (χ0) is 5.70. The Labute approximate surface area is 42.7 Å². The Bertz CT molecular complexity index is 76.1. The Hall–Kier alpha value is -0.760. The van der Waals surface area contributed by atoms with Crippen LogP contribution in [0.25, 0.3) is 0 Å². The average Bonchev–Trinajstić information content (AvgIpc) is 1.68. The van der Waals surface area contributed by atoms with Gasteiger partial charge in [-0.15, -0.1) is 6.58 Å². The van der Waals surface area contributed by atoms with Gasteiger partial charge in [-0.1, -0.05) is 12.7 Å². The van der Waals surface area contributed by atoms with Crippen LogP contribution in [0.4, 0.5) is 0 Å². The lowest BCUT2D eigenvalue weighted by Gasteiger charge is -1.91. The molecule has 0 aromatic carbocycles. The first kappa shape index (κ1) is 6.24. The highest BCUT2D eigenvalue weighted by Crippen LogP contribution is 1.95. The summed E-state index contributed by atoms with van der Waals surface area (Å²) in [5.41, 5.74) is 0. The van der Waals surface area contributed by atoms with Gasteiger partial charge in [0.25, 0.3) is 0 Å². The number of allylic oxidation sites excluding steroid dienone is 1. The zero-order valence-corrected chi connectivity index (χ0v) is 4.05. The molecule has 0 aromatic rings. The summed E-state index contributed by atoms with van der Waals surface area (Å²) in [6.07, 6.45) is 2.09. The van der Waals surface area contributed by atoms with E-state index >= 15 is 0 Å². The van der Waals surface area contributed by atoms with Gasteiger partial charge in [-0.25, -0.2) is 5.26 Å². The van der Waals surface area contributed by atoms with Crippen molar-refractivity contribution in [3.63, 3.8) is 0 Å². The van der Waals surface area contributed by atoms with Crippen molar-refractivity contribution in [2.75, 3.05) is 0 Å². The highest BCUT2D eigenvalue weighted by molar-refractivity contribution is 4.88. The van der Waals surface area contributed by atoms with Crippen molar-refractivity contribution >= 4 is 0 Å². The summed E-state index contributed by atoms with van der Waals surface area (Å²) >= 11 is 0. The molecule has 0 aliphatic heterocycles. The van der Waals surface area contributed by atoms with Gasteiger partial charge in [0.05, 0.1) is 0 Å². The Balaban J connectivity index is 3.17. The van der Waals surface area contributed by atoms with Crippen LogP contribution in [0.1, 0.15) is 6.42 Å². The van der Waals surface area contributed by atoms with Crippen LogP contribution in [0.3, 0.4) is 0 Å². The van der Waals surface area contributed by atoms with Crippen molar-refractivity contribution in [3.05, 3.63) is 25.0 Å². The largest absolute Gasteiger partial charge is 0.345 e. The normalized spacial score (nSPS) is 7.57. The topological polar surface area (TPSA) is 29.5 Å². The molecule has 1 N–H and O–H groups in total. The summed E-state index contributed by atoms with van der Waals surface area (Å²) in [4.78, 5) is 3.72. The second kappa shape index (κ2) is 3.43. The molecule has 0 heterocycles. The fourth-order valence-electron chi connectivity index (χ4n) is 0.198. The minimum atomic E-state index is 0.315. The van der Waals surface area contributed by atoms with Crippen LogP contribution in [0.5, 0.6) is 0 Å². The van der Waals surface area contributed by atoms with Crippen LogP contribution in [0, 0.1) is 0 Å². The SMILES string of the molecule is C=CCC(=C)OO. The van der Waals surface area contributed by atoms with Crippen LogP contribution < -0.4 is 0 Å². The van der Waals surface area contributed by atoms with Gasteiger partial charge in [-0.3, -0.25) is 0 Å². The quantitative estimate of drug-likeness (QED) is 0.252. The first-order valence-corrected chi connectivity index (χ1v) is 1.91. The van der Waals surface area contributed by atoms with Crippen molar-refractivity contribution < 1.29 is 10.1 Å². The van der Waals surface area contributed by atoms with Gasteiger partial charge in [0.1, 0.15) is 5.76 Å². The second-order valence-corrected chi connectivity index (χ2v) is 1.12. The Morgan fingerprint density at radius 1 is 1.86 bits per heavy atom. The van der Waals surface area contributed by atoms with E-state index in [1.165, 1.54) is 0 Å². The van der Waals surface area contributed by atoms with E-state index in [1.54, 1.807) is 6.08 Å². The first-order chi connectivity index (χ1) is 3.31. The molecule has 0 aromatic heterocycles. The fourth-order valence-corrected chi connectivity index (χ4v) is 0.198. The van der Waals surface area contributed by atoms with Crippen LogP contribution in [0.15, 0.2) is 25.0 Å². The smallest absolute Gasteiger partial charge is 0.138 e. The summed E-state index contributed by atoms with van der Waals surface area (Å²) in [6.45, 7) is 6.72. The van der Waals surface area contributed by atoms with Gasteiger partial charge in [0, 0.05) is 6.42 Å². The molecule has 0 saturated heterocycles. The summed E-state index contributed by atoms with van der Waals surface area (Å²) in [7, 11) is 0. The van der Waals surface area contributed by atoms with Gasteiger partial charge in [-0.05, 0) is 0 Å². The average molecular weight is 100 g/mol. The molecule has 0 bridgehead atoms. The highest BCUT2D eigenvalue weighted by Gasteiger charge is 1.83. The minimum Gasteiger partial charge on any atom is -0.345 e. The number of hydrogen-bond donors (Lipinski definition) is 1. The van der Waals surface area contributed by atoms with Crippen molar-refractivity contribution in [1.29, 1.82) is 0 Å². The van der Waals surface area contributed by atoms with Crippen LogP contribution >= 0.6 is 0 Å². The maximum atomic E-state index is 7.82.